The summed E-state index contributed by atoms with van der Waals surface area (Å²) in [6.45, 7) is 8.47. The van der Waals surface area contributed by atoms with Gasteiger partial charge in [-0.3, -0.25) is 0 Å². The fourth-order valence-corrected chi connectivity index (χ4v) is 4.34. The first-order valence-corrected chi connectivity index (χ1v) is 11.0. The lowest BCUT2D eigenvalue weighted by Crippen LogP contribution is -2.45. The molecule has 0 aliphatic carbocycles. The molecule has 2 aromatic rings. The Balaban J connectivity index is 2.45. The van der Waals surface area contributed by atoms with Gasteiger partial charge in [0.05, 0.1) is 6.61 Å². The van der Waals surface area contributed by atoms with Gasteiger partial charge in [0.25, 0.3) is 0 Å². The lowest BCUT2D eigenvalue weighted by molar-refractivity contribution is 0.144. The number of benzene rings is 2. The fraction of sp³-hybridized carbons (Fsp3) is 0.560. The Morgan fingerprint density at radius 2 is 1.83 bits per heavy atom. The zero-order valence-corrected chi connectivity index (χ0v) is 18.8. The van der Waals surface area contributed by atoms with Crippen molar-refractivity contribution in [2.75, 3.05) is 33.8 Å². The van der Waals surface area contributed by atoms with E-state index < -0.39 is 0 Å². The van der Waals surface area contributed by atoms with Gasteiger partial charge in [-0.1, -0.05) is 69.2 Å². The molecule has 0 radical (unpaired) electrons. The summed E-state index contributed by atoms with van der Waals surface area (Å²) in [5, 5.41) is 5.62. The van der Waals surface area contributed by atoms with Crippen LogP contribution in [0.2, 0.25) is 0 Å². The molecule has 0 aliphatic heterocycles. The van der Waals surface area contributed by atoms with Gasteiger partial charge in [-0.25, -0.2) is 4.79 Å². The number of alkyl carbamates (subject to hydrolysis) is 1. The maximum absolute atomic E-state index is 12.2. The van der Waals surface area contributed by atoms with Crippen molar-refractivity contribution in [2.24, 2.45) is 5.92 Å². The third kappa shape index (κ3) is 5.96. The molecule has 0 bridgehead atoms. The number of carbonyl (C=O) groups excluding carboxylic acids is 1. The maximum atomic E-state index is 12.2. The third-order valence-corrected chi connectivity index (χ3v) is 6.18. The summed E-state index contributed by atoms with van der Waals surface area (Å²) in [6.07, 6.45) is 4.04. The second-order valence-electron chi connectivity index (χ2n) is 8.33. The summed E-state index contributed by atoms with van der Waals surface area (Å²) in [7, 11) is 4.24. The van der Waals surface area contributed by atoms with Crippen LogP contribution in [-0.4, -0.2) is 44.8 Å². The number of fused-ring (bicyclic) bond motifs is 1. The van der Waals surface area contributed by atoms with E-state index in [2.05, 4.69) is 80.6 Å². The van der Waals surface area contributed by atoms with Crippen LogP contribution >= 0.6 is 0 Å². The molecule has 0 saturated heterocycles. The number of carbonyl (C=O) groups is 1. The zero-order chi connectivity index (χ0) is 21.3. The van der Waals surface area contributed by atoms with E-state index in [-0.39, 0.29) is 11.5 Å². The van der Waals surface area contributed by atoms with Crippen LogP contribution in [-0.2, 0) is 10.2 Å². The van der Waals surface area contributed by atoms with E-state index in [1.807, 2.05) is 6.92 Å². The zero-order valence-electron chi connectivity index (χ0n) is 18.8. The van der Waals surface area contributed by atoms with Gasteiger partial charge in [-0.15, -0.1) is 0 Å². The molecular weight excluding hydrogens is 360 g/mol. The van der Waals surface area contributed by atoms with Crippen molar-refractivity contribution in [2.45, 2.75) is 51.9 Å². The van der Waals surface area contributed by atoms with Crippen LogP contribution in [0.4, 0.5) is 4.79 Å². The van der Waals surface area contributed by atoms with E-state index in [0.717, 1.165) is 32.2 Å². The van der Waals surface area contributed by atoms with Gasteiger partial charge >= 0.3 is 6.09 Å². The van der Waals surface area contributed by atoms with Crippen LogP contribution in [0.1, 0.15) is 52.0 Å². The average Bonchev–Trinajstić information content (AvgIpc) is 2.72. The summed E-state index contributed by atoms with van der Waals surface area (Å²) in [4.78, 5) is 14.4. The summed E-state index contributed by atoms with van der Waals surface area (Å²) in [5.74, 6) is 0.426. The molecule has 0 aliphatic rings. The Morgan fingerprint density at radius 3 is 2.52 bits per heavy atom. The Morgan fingerprint density at radius 1 is 1.10 bits per heavy atom. The monoisotopic (exact) mass is 398 g/mol. The Labute approximate surface area is 176 Å². The number of ether oxygens (including phenoxy) is 1. The fourth-order valence-electron chi connectivity index (χ4n) is 4.34. The average molecular weight is 399 g/mol. The van der Waals surface area contributed by atoms with Crippen LogP contribution in [0.25, 0.3) is 10.8 Å². The largest absolute Gasteiger partial charge is 0.450 e. The van der Waals surface area contributed by atoms with Gasteiger partial charge < -0.3 is 15.0 Å². The van der Waals surface area contributed by atoms with Gasteiger partial charge in [0.15, 0.2) is 0 Å². The minimum atomic E-state index is -0.325. The molecule has 0 heterocycles. The van der Waals surface area contributed by atoms with E-state index in [1.54, 1.807) is 0 Å². The van der Waals surface area contributed by atoms with Gasteiger partial charge in [0.1, 0.15) is 0 Å². The van der Waals surface area contributed by atoms with Crippen molar-refractivity contribution < 1.29 is 9.53 Å². The Kier molecular flexibility index (Phi) is 8.97. The predicted octanol–water partition coefficient (Wildman–Crippen LogP) is 5.60. The number of unbranched alkanes of at least 4 members (excludes halogenated alkanes) is 1. The first kappa shape index (κ1) is 23.2. The smallest absolute Gasteiger partial charge is 0.407 e. The molecule has 0 saturated carbocycles. The van der Waals surface area contributed by atoms with Crippen LogP contribution in [0.5, 0.6) is 0 Å². The third-order valence-electron chi connectivity index (χ3n) is 6.18. The van der Waals surface area contributed by atoms with E-state index >= 15 is 0 Å². The standard InChI is InChI=1S/C25H38N2O2/c1-6-20(3)25(17-10-11-18-27(4)5,19-26-24(28)29-7-2)23-16-12-14-21-13-8-9-15-22(21)23/h8-9,12-16,20H,6-7,10-11,17-19H2,1-5H3,(H,26,28). The first-order chi connectivity index (χ1) is 13.9. The summed E-state index contributed by atoms with van der Waals surface area (Å²) in [5.41, 5.74) is 1.21. The molecule has 0 spiro atoms. The van der Waals surface area contributed by atoms with Crippen LogP contribution in [0.3, 0.4) is 0 Å². The van der Waals surface area contributed by atoms with Crippen molar-refractivity contribution in [3.63, 3.8) is 0 Å². The number of hydrogen-bond donors (Lipinski definition) is 1. The minimum absolute atomic E-state index is 0.130. The number of hydrogen-bond acceptors (Lipinski definition) is 3. The summed E-state index contributed by atoms with van der Waals surface area (Å²) < 4.78 is 5.17. The van der Waals surface area contributed by atoms with Crippen molar-refractivity contribution in [1.29, 1.82) is 0 Å². The SMILES string of the molecule is CCOC(=O)NCC(CCCCN(C)C)(c1cccc2ccccc12)C(C)CC. The van der Waals surface area contributed by atoms with Crippen molar-refractivity contribution in [3.8, 4) is 0 Å². The predicted molar refractivity (Wildman–Crippen MR) is 123 cm³/mol. The normalized spacial score (nSPS) is 14.6. The molecular formula is C25H38N2O2. The molecule has 2 rings (SSSR count). The first-order valence-electron chi connectivity index (χ1n) is 11.0. The second kappa shape index (κ2) is 11.2. The van der Waals surface area contributed by atoms with Crippen LogP contribution < -0.4 is 5.32 Å². The van der Waals surface area contributed by atoms with E-state index in [0.29, 0.717) is 19.1 Å². The van der Waals surface area contributed by atoms with E-state index in [9.17, 15) is 4.79 Å². The number of nitrogens with zero attached hydrogens (tertiary/aromatic N) is 1. The van der Waals surface area contributed by atoms with Gasteiger partial charge in [-0.2, -0.15) is 0 Å². The molecule has 1 amide bonds. The van der Waals surface area contributed by atoms with E-state index in [1.165, 1.54) is 16.3 Å². The number of amides is 1. The maximum Gasteiger partial charge on any atom is 0.407 e. The number of rotatable bonds is 11. The molecule has 160 valence electrons. The van der Waals surface area contributed by atoms with Crippen LogP contribution in [0, 0.1) is 5.92 Å². The van der Waals surface area contributed by atoms with Crippen LogP contribution in [0.15, 0.2) is 42.5 Å². The molecule has 4 heteroatoms. The topological polar surface area (TPSA) is 41.6 Å². The molecule has 2 aromatic carbocycles. The Bertz CT molecular complexity index is 769. The molecule has 2 unspecified atom stereocenters. The highest BCUT2D eigenvalue weighted by atomic mass is 16.5. The molecule has 29 heavy (non-hydrogen) atoms. The summed E-state index contributed by atoms with van der Waals surface area (Å²) >= 11 is 0. The van der Waals surface area contributed by atoms with Crippen molar-refractivity contribution >= 4 is 16.9 Å². The van der Waals surface area contributed by atoms with Crippen molar-refractivity contribution in [3.05, 3.63) is 48.0 Å². The second-order valence-corrected chi connectivity index (χ2v) is 8.33. The van der Waals surface area contributed by atoms with Gasteiger partial charge in [0.2, 0.25) is 0 Å². The lowest BCUT2D eigenvalue weighted by atomic mass is 9.65. The quantitative estimate of drug-likeness (QED) is 0.501. The molecule has 2 atom stereocenters. The molecule has 1 N–H and O–H groups in total. The summed E-state index contributed by atoms with van der Waals surface area (Å²) in [6, 6.07) is 15.2. The lowest BCUT2D eigenvalue weighted by Gasteiger charge is -2.41. The van der Waals surface area contributed by atoms with Gasteiger partial charge in [0, 0.05) is 12.0 Å². The van der Waals surface area contributed by atoms with Gasteiger partial charge in [-0.05, 0) is 62.7 Å². The highest BCUT2D eigenvalue weighted by Crippen LogP contribution is 2.42. The minimum Gasteiger partial charge on any atom is -0.450 e. The highest BCUT2D eigenvalue weighted by Gasteiger charge is 2.38. The molecule has 0 aromatic heterocycles. The molecule has 0 fully saturated rings. The number of nitrogens with one attached hydrogen (secondary N) is 1. The van der Waals surface area contributed by atoms with E-state index in [4.69, 9.17) is 4.74 Å². The van der Waals surface area contributed by atoms with Crippen molar-refractivity contribution in [1.82, 2.24) is 10.2 Å². The Hall–Kier alpha value is -2.07. The highest BCUT2D eigenvalue weighted by molar-refractivity contribution is 5.86. The molecule has 4 nitrogen and oxygen atoms in total.